The maximum absolute atomic E-state index is 11.5. The van der Waals surface area contributed by atoms with Gasteiger partial charge in [-0.1, -0.05) is 0 Å². The van der Waals surface area contributed by atoms with Crippen LogP contribution >= 0.6 is 0 Å². The van der Waals surface area contributed by atoms with E-state index in [0.717, 1.165) is 12.1 Å². The normalized spacial score (nSPS) is 22.3. The number of primary amides is 1. The van der Waals surface area contributed by atoms with Crippen LogP contribution in [0, 0.1) is 0 Å². The minimum absolute atomic E-state index is 0.0526. The number of nitrogens with one attached hydrogen (secondary N) is 1. The molecular weight excluding hydrogens is 252 g/mol. The van der Waals surface area contributed by atoms with Gasteiger partial charge in [-0.15, -0.1) is 0 Å². The zero-order valence-electron chi connectivity index (χ0n) is 9.93. The van der Waals surface area contributed by atoms with Crippen molar-refractivity contribution in [1.29, 1.82) is 0 Å². The second-order valence-electron chi connectivity index (χ2n) is 4.54. The number of amides is 1. The van der Waals surface area contributed by atoms with E-state index in [1.165, 1.54) is 0 Å². The van der Waals surface area contributed by atoms with Crippen molar-refractivity contribution in [3.63, 3.8) is 0 Å². The molecule has 1 amide bonds. The number of hydrogen-bond acceptors (Lipinski definition) is 4. The topological polar surface area (TPSA) is 89.3 Å². The summed E-state index contributed by atoms with van der Waals surface area (Å²) in [5, 5.41) is 3.17. The minimum atomic E-state index is -2.91. The molecule has 1 fully saturated rings. The second-order valence-corrected chi connectivity index (χ2v) is 6.77. The van der Waals surface area contributed by atoms with Gasteiger partial charge < -0.3 is 11.1 Å². The van der Waals surface area contributed by atoms with Gasteiger partial charge >= 0.3 is 0 Å². The van der Waals surface area contributed by atoms with Crippen LogP contribution in [-0.4, -0.2) is 31.9 Å². The number of anilines is 1. The van der Waals surface area contributed by atoms with E-state index in [1.54, 1.807) is 24.3 Å². The Bertz CT molecular complexity index is 537. The highest BCUT2D eigenvalue weighted by atomic mass is 32.2. The summed E-state index contributed by atoms with van der Waals surface area (Å²) in [5.41, 5.74) is 6.39. The SMILES string of the molecule is NC(=O)c1ccc(NC2CCCS(=O)(=O)C2)cc1. The van der Waals surface area contributed by atoms with Crippen LogP contribution in [0.4, 0.5) is 5.69 Å². The lowest BCUT2D eigenvalue weighted by Gasteiger charge is -2.24. The molecule has 1 unspecified atom stereocenters. The molecule has 6 heteroatoms. The summed E-state index contributed by atoms with van der Waals surface area (Å²) in [6.45, 7) is 0. The summed E-state index contributed by atoms with van der Waals surface area (Å²) in [4.78, 5) is 10.9. The highest BCUT2D eigenvalue weighted by molar-refractivity contribution is 7.91. The molecule has 0 radical (unpaired) electrons. The average Bonchev–Trinajstić information content (AvgIpc) is 2.28. The molecule has 1 aliphatic rings. The highest BCUT2D eigenvalue weighted by Crippen LogP contribution is 2.17. The third-order valence-electron chi connectivity index (χ3n) is 3.00. The number of rotatable bonds is 3. The van der Waals surface area contributed by atoms with Crippen LogP contribution in [0.2, 0.25) is 0 Å². The Morgan fingerprint density at radius 3 is 2.50 bits per heavy atom. The Kier molecular flexibility index (Phi) is 3.56. The summed E-state index contributed by atoms with van der Waals surface area (Å²) in [5.74, 6) is -0.0158. The van der Waals surface area contributed by atoms with E-state index in [4.69, 9.17) is 5.73 Å². The molecule has 1 aliphatic heterocycles. The molecule has 5 nitrogen and oxygen atoms in total. The summed E-state index contributed by atoms with van der Waals surface area (Å²) < 4.78 is 23.0. The van der Waals surface area contributed by atoms with Crippen LogP contribution in [0.25, 0.3) is 0 Å². The number of benzene rings is 1. The Morgan fingerprint density at radius 1 is 1.28 bits per heavy atom. The zero-order chi connectivity index (χ0) is 13.2. The molecule has 0 saturated carbocycles. The first-order valence-corrected chi connectivity index (χ1v) is 7.65. The molecule has 2 rings (SSSR count). The van der Waals surface area contributed by atoms with Gasteiger partial charge in [0.1, 0.15) is 0 Å². The van der Waals surface area contributed by atoms with Crippen LogP contribution < -0.4 is 11.1 Å². The van der Waals surface area contributed by atoms with Crippen molar-refractivity contribution in [1.82, 2.24) is 0 Å². The minimum Gasteiger partial charge on any atom is -0.381 e. The average molecular weight is 268 g/mol. The zero-order valence-corrected chi connectivity index (χ0v) is 10.7. The second kappa shape index (κ2) is 4.97. The number of sulfone groups is 1. The maximum Gasteiger partial charge on any atom is 0.248 e. The Hall–Kier alpha value is -1.56. The Balaban J connectivity index is 2.03. The summed E-state index contributed by atoms with van der Waals surface area (Å²) in [6, 6.07) is 6.68. The lowest BCUT2D eigenvalue weighted by Crippen LogP contribution is -2.34. The molecule has 1 atom stereocenters. The fraction of sp³-hybridized carbons (Fsp3) is 0.417. The number of hydrogen-bond donors (Lipinski definition) is 2. The van der Waals surface area contributed by atoms with E-state index in [-0.39, 0.29) is 17.5 Å². The van der Waals surface area contributed by atoms with E-state index in [0.29, 0.717) is 12.0 Å². The molecule has 3 N–H and O–H groups in total. The van der Waals surface area contributed by atoms with E-state index in [2.05, 4.69) is 5.32 Å². The van der Waals surface area contributed by atoms with E-state index >= 15 is 0 Å². The van der Waals surface area contributed by atoms with Crippen LogP contribution in [-0.2, 0) is 9.84 Å². The van der Waals surface area contributed by atoms with Crippen LogP contribution in [0.1, 0.15) is 23.2 Å². The van der Waals surface area contributed by atoms with Crippen LogP contribution in [0.3, 0.4) is 0 Å². The molecule has 1 aromatic rings. The van der Waals surface area contributed by atoms with Gasteiger partial charge in [0.05, 0.1) is 11.5 Å². The predicted molar refractivity (Wildman–Crippen MR) is 70.3 cm³/mol. The van der Waals surface area contributed by atoms with Crippen molar-refractivity contribution >= 4 is 21.4 Å². The number of carbonyl (C=O) groups is 1. The number of nitrogens with two attached hydrogens (primary N) is 1. The standard InChI is InChI=1S/C12H16N2O3S/c13-12(15)9-3-5-10(6-4-9)14-11-2-1-7-18(16,17)8-11/h3-6,11,14H,1-2,7-8H2,(H2,13,15). The van der Waals surface area contributed by atoms with Crippen molar-refractivity contribution in [3.05, 3.63) is 29.8 Å². The fourth-order valence-electron chi connectivity index (χ4n) is 2.10. The Morgan fingerprint density at radius 2 is 1.94 bits per heavy atom. The molecule has 1 aromatic carbocycles. The molecule has 0 aromatic heterocycles. The lowest BCUT2D eigenvalue weighted by atomic mass is 10.1. The monoisotopic (exact) mass is 268 g/mol. The van der Waals surface area contributed by atoms with Crippen molar-refractivity contribution in [2.24, 2.45) is 5.73 Å². The van der Waals surface area contributed by atoms with Gasteiger partial charge in [0.2, 0.25) is 5.91 Å². The van der Waals surface area contributed by atoms with Crippen molar-refractivity contribution in [2.45, 2.75) is 18.9 Å². The molecular formula is C12H16N2O3S. The molecule has 98 valence electrons. The Labute approximate surface area is 106 Å². The first kappa shape index (κ1) is 12.9. The van der Waals surface area contributed by atoms with E-state index < -0.39 is 15.7 Å². The molecule has 1 saturated heterocycles. The largest absolute Gasteiger partial charge is 0.381 e. The summed E-state index contributed by atoms with van der Waals surface area (Å²) in [6.07, 6.45) is 1.54. The molecule has 0 spiro atoms. The quantitative estimate of drug-likeness (QED) is 0.847. The molecule has 18 heavy (non-hydrogen) atoms. The molecule has 0 bridgehead atoms. The van der Waals surface area contributed by atoms with Gasteiger partial charge in [-0.3, -0.25) is 4.79 Å². The predicted octanol–water partition coefficient (Wildman–Crippen LogP) is 0.775. The van der Waals surface area contributed by atoms with Crippen molar-refractivity contribution in [3.8, 4) is 0 Å². The summed E-state index contributed by atoms with van der Waals surface area (Å²) in [7, 11) is -2.91. The third kappa shape index (κ3) is 3.22. The van der Waals surface area contributed by atoms with Crippen LogP contribution in [0.5, 0.6) is 0 Å². The smallest absolute Gasteiger partial charge is 0.248 e. The van der Waals surface area contributed by atoms with Gasteiger partial charge in [-0.25, -0.2) is 8.42 Å². The van der Waals surface area contributed by atoms with Gasteiger partial charge in [0.15, 0.2) is 9.84 Å². The lowest BCUT2D eigenvalue weighted by molar-refractivity contribution is 0.100. The third-order valence-corrected chi connectivity index (χ3v) is 4.82. The first-order chi connectivity index (χ1) is 8.46. The van der Waals surface area contributed by atoms with Crippen molar-refractivity contribution in [2.75, 3.05) is 16.8 Å². The maximum atomic E-state index is 11.5. The van der Waals surface area contributed by atoms with Gasteiger partial charge in [-0.05, 0) is 37.1 Å². The molecule has 0 aliphatic carbocycles. The van der Waals surface area contributed by atoms with E-state index in [9.17, 15) is 13.2 Å². The molecule has 1 heterocycles. The van der Waals surface area contributed by atoms with Gasteiger partial charge in [0.25, 0.3) is 0 Å². The summed E-state index contributed by atoms with van der Waals surface area (Å²) >= 11 is 0. The van der Waals surface area contributed by atoms with Crippen molar-refractivity contribution < 1.29 is 13.2 Å². The van der Waals surface area contributed by atoms with Crippen LogP contribution in [0.15, 0.2) is 24.3 Å². The van der Waals surface area contributed by atoms with Gasteiger partial charge in [0, 0.05) is 17.3 Å². The highest BCUT2D eigenvalue weighted by Gasteiger charge is 2.24. The fourth-order valence-corrected chi connectivity index (χ4v) is 3.74. The number of carbonyl (C=O) groups excluding carboxylic acids is 1. The first-order valence-electron chi connectivity index (χ1n) is 5.83. The van der Waals surface area contributed by atoms with E-state index in [1.807, 2.05) is 0 Å². The van der Waals surface area contributed by atoms with Gasteiger partial charge in [-0.2, -0.15) is 0 Å².